The smallest absolute Gasteiger partial charge is 0.313 e. The number of rotatable bonds is 5. The van der Waals surface area contributed by atoms with Gasteiger partial charge in [0.1, 0.15) is 4.49 Å². The first-order valence-corrected chi connectivity index (χ1v) is 6.01. The van der Waals surface area contributed by atoms with Crippen molar-refractivity contribution in [2.45, 2.75) is 6.42 Å². The van der Waals surface area contributed by atoms with Gasteiger partial charge in [0, 0.05) is 5.92 Å². The van der Waals surface area contributed by atoms with Crippen molar-refractivity contribution in [1.29, 1.82) is 0 Å². The van der Waals surface area contributed by atoms with Crippen LogP contribution in [0.3, 0.4) is 0 Å². The van der Waals surface area contributed by atoms with Crippen molar-refractivity contribution in [2.24, 2.45) is 17.3 Å². The summed E-state index contributed by atoms with van der Waals surface area (Å²) in [6, 6.07) is 0. The maximum absolute atomic E-state index is 11.9. The quantitative estimate of drug-likeness (QED) is 0.577. The summed E-state index contributed by atoms with van der Waals surface area (Å²) in [5.74, 6) is -2.05. The number of carbonyl (C=O) groups excluding carboxylic acids is 2. The van der Waals surface area contributed by atoms with Crippen molar-refractivity contribution in [1.82, 2.24) is 0 Å². The second-order valence-corrected chi connectivity index (χ2v) is 5.02. The van der Waals surface area contributed by atoms with Gasteiger partial charge in [0.25, 0.3) is 0 Å². The first-order valence-electron chi connectivity index (χ1n) is 5.25. The summed E-state index contributed by atoms with van der Waals surface area (Å²) < 4.78 is 9.45. The SMILES string of the molecule is C=CCC1(C(=O)OC)C(C=C(Cl)Cl)C1C(=O)OC. The Labute approximate surface area is 116 Å². The molecule has 100 valence electrons. The molecule has 1 saturated carbocycles. The third-order valence-corrected chi connectivity index (χ3v) is 3.46. The van der Waals surface area contributed by atoms with Gasteiger partial charge in [-0.25, -0.2) is 0 Å². The number of hydrogen-bond donors (Lipinski definition) is 0. The minimum Gasteiger partial charge on any atom is -0.469 e. The molecule has 0 aliphatic heterocycles. The van der Waals surface area contributed by atoms with Gasteiger partial charge in [-0.1, -0.05) is 29.3 Å². The molecule has 1 aliphatic carbocycles. The second-order valence-electron chi connectivity index (χ2n) is 4.01. The van der Waals surface area contributed by atoms with E-state index in [-0.39, 0.29) is 4.49 Å². The summed E-state index contributed by atoms with van der Waals surface area (Å²) in [5, 5.41) is 0. The van der Waals surface area contributed by atoms with E-state index in [4.69, 9.17) is 27.9 Å². The maximum atomic E-state index is 11.9. The molecule has 0 aromatic heterocycles. The molecule has 0 aromatic rings. The van der Waals surface area contributed by atoms with Gasteiger partial charge < -0.3 is 9.47 Å². The van der Waals surface area contributed by atoms with E-state index in [9.17, 15) is 9.59 Å². The number of carbonyl (C=O) groups is 2. The van der Waals surface area contributed by atoms with E-state index in [1.165, 1.54) is 20.3 Å². The Kier molecular flexibility index (Phi) is 4.82. The highest BCUT2D eigenvalue weighted by Crippen LogP contribution is 2.63. The molecule has 0 aromatic carbocycles. The van der Waals surface area contributed by atoms with Gasteiger partial charge in [-0.05, 0) is 12.5 Å². The van der Waals surface area contributed by atoms with E-state index >= 15 is 0 Å². The lowest BCUT2D eigenvalue weighted by atomic mass is 9.97. The van der Waals surface area contributed by atoms with Crippen molar-refractivity contribution in [3.8, 4) is 0 Å². The summed E-state index contributed by atoms with van der Waals surface area (Å²) in [6.45, 7) is 3.59. The fraction of sp³-hybridized carbons (Fsp3) is 0.500. The largest absolute Gasteiger partial charge is 0.469 e. The van der Waals surface area contributed by atoms with Gasteiger partial charge in [0.15, 0.2) is 0 Å². The molecule has 0 saturated heterocycles. The molecule has 1 rings (SSSR count). The van der Waals surface area contributed by atoms with Crippen LogP contribution in [0.5, 0.6) is 0 Å². The van der Waals surface area contributed by atoms with Crippen molar-refractivity contribution < 1.29 is 19.1 Å². The number of allylic oxidation sites excluding steroid dienone is 2. The van der Waals surface area contributed by atoms with Crippen LogP contribution in [0.2, 0.25) is 0 Å². The molecular formula is C12H14Cl2O4. The summed E-state index contributed by atoms with van der Waals surface area (Å²) in [4.78, 5) is 23.6. The highest BCUT2D eigenvalue weighted by molar-refractivity contribution is 6.55. The molecule has 3 unspecified atom stereocenters. The molecule has 0 spiro atoms. The molecule has 0 bridgehead atoms. The standard InChI is InChI=1S/C12H14Cl2O4/c1-4-5-12(11(16)18-3)7(6-8(13)14)9(12)10(15)17-2/h4,6-7,9H,1,5H2,2-3H3. The Morgan fingerprint density at radius 2 is 1.94 bits per heavy atom. The Hall–Kier alpha value is -1.00. The zero-order valence-corrected chi connectivity index (χ0v) is 11.6. The third-order valence-electron chi connectivity index (χ3n) is 3.21. The topological polar surface area (TPSA) is 52.6 Å². The van der Waals surface area contributed by atoms with Crippen LogP contribution >= 0.6 is 23.2 Å². The Morgan fingerprint density at radius 1 is 1.33 bits per heavy atom. The van der Waals surface area contributed by atoms with Crippen LogP contribution in [-0.2, 0) is 19.1 Å². The molecule has 18 heavy (non-hydrogen) atoms. The third kappa shape index (κ3) is 2.40. The Balaban J connectivity index is 3.14. The second kappa shape index (κ2) is 5.76. The van der Waals surface area contributed by atoms with Crippen LogP contribution in [-0.4, -0.2) is 26.2 Å². The average Bonchev–Trinajstić information content (AvgIpc) is 2.95. The zero-order valence-electron chi connectivity index (χ0n) is 10.1. The molecule has 1 fully saturated rings. The normalized spacial score (nSPS) is 29.1. The van der Waals surface area contributed by atoms with Gasteiger partial charge in [0.2, 0.25) is 0 Å². The lowest BCUT2D eigenvalue weighted by molar-refractivity contribution is -0.152. The van der Waals surface area contributed by atoms with Crippen molar-refractivity contribution >= 4 is 35.1 Å². The fourth-order valence-corrected chi connectivity index (χ4v) is 2.64. The number of methoxy groups -OCH3 is 2. The van der Waals surface area contributed by atoms with Crippen LogP contribution in [0.25, 0.3) is 0 Å². The van der Waals surface area contributed by atoms with Crippen LogP contribution in [0.1, 0.15) is 6.42 Å². The monoisotopic (exact) mass is 292 g/mol. The number of halogens is 2. The van der Waals surface area contributed by atoms with E-state index in [2.05, 4.69) is 11.3 Å². The van der Waals surface area contributed by atoms with Gasteiger partial charge in [-0.2, -0.15) is 0 Å². The Morgan fingerprint density at radius 3 is 2.33 bits per heavy atom. The zero-order chi connectivity index (χ0) is 13.9. The van der Waals surface area contributed by atoms with Gasteiger partial charge in [-0.3, -0.25) is 9.59 Å². The van der Waals surface area contributed by atoms with Crippen LogP contribution < -0.4 is 0 Å². The van der Waals surface area contributed by atoms with Crippen molar-refractivity contribution in [2.75, 3.05) is 14.2 Å². The fourth-order valence-electron chi connectivity index (χ4n) is 2.37. The predicted octanol–water partition coefficient (Wildman–Crippen LogP) is 2.46. The summed E-state index contributed by atoms with van der Waals surface area (Å²) >= 11 is 11.2. The van der Waals surface area contributed by atoms with Crippen molar-refractivity contribution in [3.63, 3.8) is 0 Å². The van der Waals surface area contributed by atoms with E-state index < -0.39 is 29.2 Å². The van der Waals surface area contributed by atoms with Gasteiger partial charge in [-0.15, -0.1) is 6.58 Å². The van der Waals surface area contributed by atoms with Crippen LogP contribution in [0.4, 0.5) is 0 Å². The number of esters is 2. The van der Waals surface area contributed by atoms with E-state index in [0.717, 1.165) is 0 Å². The number of hydrogen-bond acceptors (Lipinski definition) is 4. The maximum Gasteiger partial charge on any atom is 0.313 e. The molecule has 1 aliphatic rings. The molecular weight excluding hydrogens is 279 g/mol. The highest BCUT2D eigenvalue weighted by atomic mass is 35.5. The first kappa shape index (κ1) is 15.1. The van der Waals surface area contributed by atoms with Crippen LogP contribution in [0.15, 0.2) is 23.2 Å². The minimum absolute atomic E-state index is 0.00347. The number of ether oxygens (including phenoxy) is 2. The van der Waals surface area contributed by atoms with Crippen molar-refractivity contribution in [3.05, 3.63) is 23.2 Å². The summed E-state index contributed by atoms with van der Waals surface area (Å²) in [7, 11) is 2.53. The average molecular weight is 293 g/mol. The molecule has 3 atom stereocenters. The molecule has 4 nitrogen and oxygen atoms in total. The van der Waals surface area contributed by atoms with E-state index in [0.29, 0.717) is 6.42 Å². The van der Waals surface area contributed by atoms with Gasteiger partial charge >= 0.3 is 11.9 Å². The summed E-state index contributed by atoms with van der Waals surface area (Å²) in [5.41, 5.74) is -1.00. The molecule has 0 radical (unpaired) electrons. The van der Waals surface area contributed by atoms with E-state index in [1.807, 2.05) is 0 Å². The molecule has 0 heterocycles. The lowest BCUT2D eigenvalue weighted by Gasteiger charge is -2.12. The molecule has 6 heteroatoms. The van der Waals surface area contributed by atoms with E-state index in [1.54, 1.807) is 6.08 Å². The lowest BCUT2D eigenvalue weighted by Crippen LogP contribution is -2.23. The summed E-state index contributed by atoms with van der Waals surface area (Å²) in [6.07, 6.45) is 3.32. The minimum atomic E-state index is -1.00. The molecule has 0 amide bonds. The Bertz CT molecular complexity index is 401. The molecule has 0 N–H and O–H groups in total. The van der Waals surface area contributed by atoms with Gasteiger partial charge in [0.05, 0.1) is 25.6 Å². The van der Waals surface area contributed by atoms with Crippen LogP contribution in [0, 0.1) is 17.3 Å². The highest BCUT2D eigenvalue weighted by Gasteiger charge is 2.72. The first-order chi connectivity index (χ1) is 8.45. The predicted molar refractivity (Wildman–Crippen MR) is 68.0 cm³/mol.